The standard InChI is InChI=1S/C14H20FN5/c1-3-7-16-13(10-14-17-19-20(2)18-14)9-11-5-4-6-12(15)8-11/h4-6,8,13,16H,3,7,9-10H2,1-2H3. The van der Waals surface area contributed by atoms with Crippen LogP contribution in [0.5, 0.6) is 0 Å². The highest BCUT2D eigenvalue weighted by atomic mass is 19.1. The van der Waals surface area contributed by atoms with Gasteiger partial charge in [-0.2, -0.15) is 4.80 Å². The predicted octanol–water partition coefficient (Wildman–Crippen LogP) is 1.50. The molecule has 5 nitrogen and oxygen atoms in total. The minimum absolute atomic E-state index is 0.181. The van der Waals surface area contributed by atoms with E-state index in [9.17, 15) is 4.39 Å². The molecule has 0 bridgehead atoms. The molecule has 1 atom stereocenters. The second-order valence-electron chi connectivity index (χ2n) is 4.88. The van der Waals surface area contributed by atoms with E-state index in [1.807, 2.05) is 6.07 Å². The molecule has 1 N–H and O–H groups in total. The van der Waals surface area contributed by atoms with Gasteiger partial charge in [-0.3, -0.25) is 0 Å². The number of nitrogens with zero attached hydrogens (tertiary/aromatic N) is 4. The highest BCUT2D eigenvalue weighted by molar-refractivity contribution is 5.17. The molecule has 0 saturated carbocycles. The van der Waals surface area contributed by atoms with Crippen molar-refractivity contribution in [1.82, 2.24) is 25.5 Å². The zero-order valence-electron chi connectivity index (χ0n) is 11.9. The van der Waals surface area contributed by atoms with Crippen LogP contribution in [-0.2, 0) is 19.9 Å². The highest BCUT2D eigenvalue weighted by Gasteiger charge is 2.13. The van der Waals surface area contributed by atoms with Crippen LogP contribution >= 0.6 is 0 Å². The van der Waals surface area contributed by atoms with Crippen LogP contribution < -0.4 is 5.32 Å². The van der Waals surface area contributed by atoms with E-state index in [-0.39, 0.29) is 11.9 Å². The molecule has 6 heteroatoms. The van der Waals surface area contributed by atoms with E-state index in [0.717, 1.165) is 24.9 Å². The molecule has 20 heavy (non-hydrogen) atoms. The van der Waals surface area contributed by atoms with Gasteiger partial charge >= 0.3 is 0 Å². The van der Waals surface area contributed by atoms with Gasteiger partial charge in [-0.1, -0.05) is 19.1 Å². The molecule has 0 amide bonds. The molecular formula is C14H20FN5. The van der Waals surface area contributed by atoms with Crippen molar-refractivity contribution in [2.75, 3.05) is 6.54 Å². The van der Waals surface area contributed by atoms with Crippen molar-refractivity contribution in [3.8, 4) is 0 Å². The predicted molar refractivity (Wildman–Crippen MR) is 74.7 cm³/mol. The Morgan fingerprint density at radius 3 is 2.85 bits per heavy atom. The molecule has 0 spiro atoms. The fraction of sp³-hybridized carbons (Fsp3) is 0.500. The molecule has 2 rings (SSSR count). The maximum Gasteiger partial charge on any atom is 0.176 e. The molecule has 0 radical (unpaired) electrons. The number of aryl methyl sites for hydroxylation is 1. The van der Waals surface area contributed by atoms with Crippen LogP contribution in [0.2, 0.25) is 0 Å². The van der Waals surface area contributed by atoms with Crippen LogP contribution in [0.25, 0.3) is 0 Å². The molecule has 2 aromatic rings. The first kappa shape index (κ1) is 14.6. The molecule has 0 aliphatic heterocycles. The zero-order valence-corrected chi connectivity index (χ0v) is 11.9. The van der Waals surface area contributed by atoms with Crippen LogP contribution in [0.4, 0.5) is 4.39 Å². The first-order valence-corrected chi connectivity index (χ1v) is 6.88. The summed E-state index contributed by atoms with van der Waals surface area (Å²) < 4.78 is 13.2. The van der Waals surface area contributed by atoms with Crippen molar-refractivity contribution in [2.24, 2.45) is 7.05 Å². The van der Waals surface area contributed by atoms with E-state index in [1.54, 1.807) is 19.2 Å². The number of rotatable bonds is 7. The van der Waals surface area contributed by atoms with Crippen LogP contribution in [-0.4, -0.2) is 32.8 Å². The zero-order chi connectivity index (χ0) is 14.4. The SMILES string of the molecule is CCCNC(Cc1cccc(F)c1)Cc1nnn(C)n1. The van der Waals surface area contributed by atoms with E-state index < -0.39 is 0 Å². The number of benzene rings is 1. The highest BCUT2D eigenvalue weighted by Crippen LogP contribution is 2.09. The Kier molecular flexibility index (Phi) is 5.17. The van der Waals surface area contributed by atoms with Gasteiger partial charge in [0.05, 0.1) is 7.05 Å². The minimum atomic E-state index is -0.200. The van der Waals surface area contributed by atoms with E-state index in [0.29, 0.717) is 12.2 Å². The van der Waals surface area contributed by atoms with E-state index >= 15 is 0 Å². The summed E-state index contributed by atoms with van der Waals surface area (Å²) in [6, 6.07) is 6.89. The molecule has 1 heterocycles. The molecule has 0 aliphatic carbocycles. The van der Waals surface area contributed by atoms with Gasteiger partial charge in [-0.25, -0.2) is 4.39 Å². The van der Waals surface area contributed by atoms with Crippen molar-refractivity contribution in [2.45, 2.75) is 32.2 Å². The topological polar surface area (TPSA) is 55.6 Å². The van der Waals surface area contributed by atoms with Crippen molar-refractivity contribution < 1.29 is 4.39 Å². The lowest BCUT2D eigenvalue weighted by Gasteiger charge is -2.17. The Morgan fingerprint density at radius 2 is 2.20 bits per heavy atom. The second kappa shape index (κ2) is 7.09. The van der Waals surface area contributed by atoms with Gasteiger partial charge in [0.2, 0.25) is 0 Å². The van der Waals surface area contributed by atoms with Gasteiger partial charge in [0.25, 0.3) is 0 Å². The van der Waals surface area contributed by atoms with E-state index in [2.05, 4.69) is 27.7 Å². The van der Waals surface area contributed by atoms with Gasteiger partial charge in [0.1, 0.15) is 5.82 Å². The molecule has 108 valence electrons. The van der Waals surface area contributed by atoms with Gasteiger partial charge in [-0.15, -0.1) is 10.2 Å². The maximum atomic E-state index is 13.2. The van der Waals surface area contributed by atoms with Crippen LogP contribution in [0, 0.1) is 5.82 Å². The van der Waals surface area contributed by atoms with Crippen molar-refractivity contribution >= 4 is 0 Å². The summed E-state index contributed by atoms with van der Waals surface area (Å²) in [4.78, 5) is 1.45. The van der Waals surface area contributed by atoms with Gasteiger partial charge < -0.3 is 5.32 Å². The fourth-order valence-electron chi connectivity index (χ4n) is 2.14. The second-order valence-corrected chi connectivity index (χ2v) is 4.88. The summed E-state index contributed by atoms with van der Waals surface area (Å²) in [5, 5.41) is 15.5. The lowest BCUT2D eigenvalue weighted by molar-refractivity contribution is 0.493. The van der Waals surface area contributed by atoms with Gasteiger partial charge in [-0.05, 0) is 42.3 Å². The Morgan fingerprint density at radius 1 is 1.35 bits per heavy atom. The summed E-state index contributed by atoms with van der Waals surface area (Å²) in [5.74, 6) is 0.506. The van der Waals surface area contributed by atoms with E-state index in [1.165, 1.54) is 10.9 Å². The molecule has 0 aliphatic rings. The molecule has 1 aromatic carbocycles. The number of tetrazole rings is 1. The Hall–Kier alpha value is -1.82. The van der Waals surface area contributed by atoms with Gasteiger partial charge in [0, 0.05) is 12.5 Å². The summed E-state index contributed by atoms with van der Waals surface area (Å²) in [7, 11) is 1.75. The Balaban J connectivity index is 2.02. The van der Waals surface area contributed by atoms with Crippen molar-refractivity contribution in [1.29, 1.82) is 0 Å². The Labute approximate surface area is 118 Å². The normalized spacial score (nSPS) is 12.6. The summed E-state index contributed by atoms with van der Waals surface area (Å²) in [5.41, 5.74) is 0.975. The van der Waals surface area contributed by atoms with Crippen molar-refractivity contribution in [3.05, 3.63) is 41.5 Å². The quantitative estimate of drug-likeness (QED) is 0.833. The first-order valence-electron chi connectivity index (χ1n) is 6.88. The van der Waals surface area contributed by atoms with Crippen LogP contribution in [0.3, 0.4) is 0 Å². The van der Waals surface area contributed by atoms with Crippen LogP contribution in [0.15, 0.2) is 24.3 Å². The average Bonchev–Trinajstić information content (AvgIpc) is 2.81. The number of hydrogen-bond acceptors (Lipinski definition) is 4. The number of halogens is 1. The summed E-state index contributed by atoms with van der Waals surface area (Å²) >= 11 is 0. The van der Waals surface area contributed by atoms with Crippen molar-refractivity contribution in [3.63, 3.8) is 0 Å². The maximum absolute atomic E-state index is 13.2. The monoisotopic (exact) mass is 277 g/mol. The molecule has 1 aromatic heterocycles. The van der Waals surface area contributed by atoms with E-state index in [4.69, 9.17) is 0 Å². The minimum Gasteiger partial charge on any atom is -0.313 e. The lowest BCUT2D eigenvalue weighted by Crippen LogP contribution is -2.34. The summed E-state index contributed by atoms with van der Waals surface area (Å²) in [6.45, 7) is 3.03. The smallest absolute Gasteiger partial charge is 0.176 e. The molecular weight excluding hydrogens is 257 g/mol. The average molecular weight is 277 g/mol. The molecule has 1 unspecified atom stereocenters. The summed E-state index contributed by atoms with van der Waals surface area (Å²) in [6.07, 6.45) is 2.48. The number of aromatic nitrogens is 4. The number of hydrogen-bond donors (Lipinski definition) is 1. The lowest BCUT2D eigenvalue weighted by atomic mass is 10.0. The molecule has 0 fully saturated rings. The third-order valence-corrected chi connectivity index (χ3v) is 3.03. The third-order valence-electron chi connectivity index (χ3n) is 3.03. The largest absolute Gasteiger partial charge is 0.313 e. The first-order chi connectivity index (χ1) is 9.67. The van der Waals surface area contributed by atoms with Gasteiger partial charge in [0.15, 0.2) is 5.82 Å². The molecule has 0 saturated heterocycles. The fourth-order valence-corrected chi connectivity index (χ4v) is 2.14. The third kappa shape index (κ3) is 4.38. The number of nitrogens with one attached hydrogen (secondary N) is 1. The van der Waals surface area contributed by atoms with Crippen LogP contribution in [0.1, 0.15) is 24.7 Å². The Bertz CT molecular complexity index is 540.